The highest BCUT2D eigenvalue weighted by atomic mass is 16.4. The summed E-state index contributed by atoms with van der Waals surface area (Å²) < 4.78 is 0. The summed E-state index contributed by atoms with van der Waals surface area (Å²) in [6.45, 7) is 7.20. The van der Waals surface area contributed by atoms with Crippen LogP contribution in [0.3, 0.4) is 0 Å². The number of hydrogen-bond acceptors (Lipinski definition) is 2. The van der Waals surface area contributed by atoms with Crippen molar-refractivity contribution in [3.8, 4) is 0 Å². The monoisotopic (exact) mass is 283 g/mol. The largest absolute Gasteiger partial charge is 0.481 e. The van der Waals surface area contributed by atoms with Crippen LogP contribution in [0, 0.1) is 11.3 Å². The van der Waals surface area contributed by atoms with Crippen molar-refractivity contribution in [1.29, 1.82) is 0 Å². The summed E-state index contributed by atoms with van der Waals surface area (Å²) >= 11 is 0. The summed E-state index contributed by atoms with van der Waals surface area (Å²) in [5.74, 6) is -0.518. The first-order chi connectivity index (χ1) is 9.50. The third kappa shape index (κ3) is 3.74. The molecule has 0 bridgehead atoms. The van der Waals surface area contributed by atoms with Crippen molar-refractivity contribution in [3.05, 3.63) is 0 Å². The molecule has 0 saturated carbocycles. The minimum absolute atomic E-state index is 0.0661. The molecule has 2 unspecified atom stereocenters. The number of carboxylic acid groups (broad SMARTS) is 1. The Balaban J connectivity index is 2.74. The smallest absolute Gasteiger partial charge is 0.311 e. The molecule has 0 radical (unpaired) electrons. The molecule has 4 nitrogen and oxygen atoms in total. The number of unbranched alkanes of at least 4 members (excludes halogenated alkanes) is 1. The van der Waals surface area contributed by atoms with Crippen molar-refractivity contribution < 1.29 is 14.7 Å². The van der Waals surface area contributed by atoms with E-state index in [4.69, 9.17) is 0 Å². The molecular weight excluding hydrogens is 254 g/mol. The molecule has 0 aromatic carbocycles. The average Bonchev–Trinajstić information content (AvgIpc) is 2.47. The van der Waals surface area contributed by atoms with Gasteiger partial charge in [0.1, 0.15) is 0 Å². The number of hydrogen-bond donors (Lipinski definition) is 1. The van der Waals surface area contributed by atoms with Crippen LogP contribution in [0.5, 0.6) is 0 Å². The highest BCUT2D eigenvalue weighted by Gasteiger charge is 2.42. The van der Waals surface area contributed by atoms with E-state index in [1.165, 1.54) is 0 Å². The van der Waals surface area contributed by atoms with Crippen LogP contribution in [0.2, 0.25) is 0 Å². The molecule has 0 aromatic rings. The van der Waals surface area contributed by atoms with Gasteiger partial charge in [0.15, 0.2) is 0 Å². The summed E-state index contributed by atoms with van der Waals surface area (Å²) in [4.78, 5) is 26.0. The van der Waals surface area contributed by atoms with E-state index in [9.17, 15) is 14.7 Å². The number of nitrogens with zero attached hydrogens (tertiary/aromatic N) is 1. The van der Waals surface area contributed by atoms with E-state index in [1.54, 1.807) is 0 Å². The van der Waals surface area contributed by atoms with Gasteiger partial charge in [-0.2, -0.15) is 0 Å². The number of carbonyl (C=O) groups excluding carboxylic acids is 1. The molecule has 1 heterocycles. The molecule has 0 aromatic heterocycles. The minimum atomic E-state index is -0.751. The van der Waals surface area contributed by atoms with Gasteiger partial charge in [-0.15, -0.1) is 0 Å². The van der Waals surface area contributed by atoms with Gasteiger partial charge in [0.2, 0.25) is 5.91 Å². The molecule has 1 saturated heterocycles. The fourth-order valence-corrected chi connectivity index (χ4v) is 3.15. The Morgan fingerprint density at radius 2 is 2.00 bits per heavy atom. The van der Waals surface area contributed by atoms with Crippen molar-refractivity contribution >= 4 is 11.9 Å². The molecule has 1 fully saturated rings. The molecule has 1 aliphatic rings. The zero-order chi connectivity index (χ0) is 15.2. The van der Waals surface area contributed by atoms with E-state index < -0.39 is 11.4 Å². The zero-order valence-corrected chi connectivity index (χ0v) is 13.2. The van der Waals surface area contributed by atoms with Gasteiger partial charge in [0, 0.05) is 19.0 Å². The Labute approximate surface area is 122 Å². The van der Waals surface area contributed by atoms with Crippen LogP contribution in [-0.4, -0.2) is 35.0 Å². The predicted molar refractivity (Wildman–Crippen MR) is 79.5 cm³/mol. The first-order valence-electron chi connectivity index (χ1n) is 8.03. The molecule has 116 valence electrons. The SMILES string of the molecule is CCCCC(CC)C(=O)N1CCCC(CC)(C(=O)O)C1. The van der Waals surface area contributed by atoms with Crippen molar-refractivity contribution in [2.24, 2.45) is 11.3 Å². The second-order valence-electron chi connectivity index (χ2n) is 6.05. The molecule has 1 amide bonds. The number of piperidine rings is 1. The van der Waals surface area contributed by atoms with Crippen LogP contribution in [0.4, 0.5) is 0 Å². The highest BCUT2D eigenvalue weighted by molar-refractivity contribution is 5.81. The fraction of sp³-hybridized carbons (Fsp3) is 0.875. The first-order valence-corrected chi connectivity index (χ1v) is 8.03. The Bertz CT molecular complexity index is 343. The van der Waals surface area contributed by atoms with E-state index in [0.717, 1.165) is 38.6 Å². The van der Waals surface area contributed by atoms with E-state index in [-0.39, 0.29) is 11.8 Å². The fourth-order valence-electron chi connectivity index (χ4n) is 3.15. The van der Waals surface area contributed by atoms with Gasteiger partial charge >= 0.3 is 5.97 Å². The molecule has 2 atom stereocenters. The minimum Gasteiger partial charge on any atom is -0.481 e. The Morgan fingerprint density at radius 1 is 1.30 bits per heavy atom. The number of likely N-dealkylation sites (tertiary alicyclic amines) is 1. The van der Waals surface area contributed by atoms with Crippen LogP contribution in [0.15, 0.2) is 0 Å². The Morgan fingerprint density at radius 3 is 2.50 bits per heavy atom. The molecule has 1 N–H and O–H groups in total. The second kappa shape index (κ2) is 7.65. The van der Waals surface area contributed by atoms with Crippen molar-refractivity contribution in [3.63, 3.8) is 0 Å². The maximum atomic E-state index is 12.6. The first kappa shape index (κ1) is 17.0. The van der Waals surface area contributed by atoms with E-state index in [2.05, 4.69) is 6.92 Å². The van der Waals surface area contributed by atoms with Crippen LogP contribution in [0.1, 0.15) is 65.7 Å². The van der Waals surface area contributed by atoms with Crippen molar-refractivity contribution in [2.75, 3.05) is 13.1 Å². The second-order valence-corrected chi connectivity index (χ2v) is 6.05. The number of carbonyl (C=O) groups is 2. The summed E-state index contributed by atoms with van der Waals surface area (Å²) in [6.07, 6.45) is 6.02. The summed E-state index contributed by atoms with van der Waals surface area (Å²) in [5, 5.41) is 9.49. The highest BCUT2D eigenvalue weighted by Crippen LogP contribution is 2.34. The van der Waals surface area contributed by atoms with Gasteiger partial charge in [0.05, 0.1) is 5.41 Å². The lowest BCUT2D eigenvalue weighted by Gasteiger charge is -2.40. The lowest BCUT2D eigenvalue weighted by atomic mass is 9.77. The van der Waals surface area contributed by atoms with Crippen LogP contribution in [0.25, 0.3) is 0 Å². The Kier molecular flexibility index (Phi) is 6.50. The summed E-state index contributed by atoms with van der Waals surface area (Å²) in [5.41, 5.74) is -0.725. The van der Waals surface area contributed by atoms with E-state index in [0.29, 0.717) is 19.4 Å². The maximum absolute atomic E-state index is 12.6. The average molecular weight is 283 g/mol. The third-order valence-corrected chi connectivity index (χ3v) is 4.77. The lowest BCUT2D eigenvalue weighted by Crippen LogP contribution is -2.51. The number of carboxylic acids is 1. The van der Waals surface area contributed by atoms with Crippen LogP contribution >= 0.6 is 0 Å². The molecule has 4 heteroatoms. The number of amides is 1. The normalized spacial score (nSPS) is 24.4. The van der Waals surface area contributed by atoms with E-state index >= 15 is 0 Å². The van der Waals surface area contributed by atoms with Gasteiger partial charge in [-0.3, -0.25) is 9.59 Å². The maximum Gasteiger partial charge on any atom is 0.311 e. The molecule has 0 aliphatic carbocycles. The standard InChI is InChI=1S/C16H29NO3/c1-4-7-9-13(5-2)14(18)17-11-8-10-16(6-3,12-17)15(19)20/h13H,4-12H2,1-3H3,(H,19,20). The predicted octanol–water partition coefficient (Wildman–Crippen LogP) is 3.31. The number of aliphatic carboxylic acids is 1. The summed E-state index contributed by atoms with van der Waals surface area (Å²) in [6, 6.07) is 0. The molecule has 1 aliphatic heterocycles. The quantitative estimate of drug-likeness (QED) is 0.780. The van der Waals surface area contributed by atoms with Gasteiger partial charge in [-0.1, -0.05) is 33.6 Å². The topological polar surface area (TPSA) is 57.6 Å². The van der Waals surface area contributed by atoms with Gasteiger partial charge in [0.25, 0.3) is 0 Å². The van der Waals surface area contributed by atoms with Crippen LogP contribution in [-0.2, 0) is 9.59 Å². The lowest BCUT2D eigenvalue weighted by molar-refractivity contribution is -0.156. The van der Waals surface area contributed by atoms with Crippen molar-refractivity contribution in [1.82, 2.24) is 4.90 Å². The van der Waals surface area contributed by atoms with Crippen LogP contribution < -0.4 is 0 Å². The van der Waals surface area contributed by atoms with Gasteiger partial charge in [-0.25, -0.2) is 0 Å². The molecule has 0 spiro atoms. The Hall–Kier alpha value is -1.06. The van der Waals surface area contributed by atoms with Crippen molar-refractivity contribution in [2.45, 2.75) is 65.7 Å². The molecule has 20 heavy (non-hydrogen) atoms. The summed E-state index contributed by atoms with van der Waals surface area (Å²) in [7, 11) is 0. The van der Waals surface area contributed by atoms with Gasteiger partial charge in [-0.05, 0) is 32.1 Å². The molecule has 1 rings (SSSR count). The zero-order valence-electron chi connectivity index (χ0n) is 13.2. The van der Waals surface area contributed by atoms with Gasteiger partial charge < -0.3 is 10.0 Å². The van der Waals surface area contributed by atoms with E-state index in [1.807, 2.05) is 18.7 Å². The number of rotatable bonds is 7. The molecular formula is C16H29NO3. The third-order valence-electron chi connectivity index (χ3n) is 4.77.